The van der Waals surface area contributed by atoms with Crippen LogP contribution in [0.5, 0.6) is 5.75 Å². The van der Waals surface area contributed by atoms with Crippen molar-refractivity contribution in [1.29, 1.82) is 0 Å². The number of carbonyl (C=O) groups excluding carboxylic acids is 1. The lowest BCUT2D eigenvalue weighted by atomic mass is 9.96. The first kappa shape index (κ1) is 40.2. The molecule has 14 heteroatoms. The quantitative estimate of drug-likeness (QED) is 0.0878. The summed E-state index contributed by atoms with van der Waals surface area (Å²) in [6, 6.07) is 14.6. The molecule has 0 unspecified atom stereocenters. The number of hydrogen-bond acceptors (Lipinski definition) is 12. The van der Waals surface area contributed by atoms with Gasteiger partial charge in [0, 0.05) is 54.6 Å². The van der Waals surface area contributed by atoms with Gasteiger partial charge < -0.3 is 39.7 Å². The Kier molecular flexibility index (Phi) is 14.2. The van der Waals surface area contributed by atoms with Crippen LogP contribution in [0.2, 0.25) is 5.02 Å². The van der Waals surface area contributed by atoms with Crippen molar-refractivity contribution in [3.05, 3.63) is 77.1 Å². The average molecular weight is 762 g/mol. The van der Waals surface area contributed by atoms with Crippen molar-refractivity contribution >= 4 is 27.2 Å². The predicted molar refractivity (Wildman–Crippen MR) is 193 cm³/mol. The van der Waals surface area contributed by atoms with E-state index in [1.54, 1.807) is 18.3 Å². The second-order valence-corrected chi connectivity index (χ2v) is 16.1. The van der Waals surface area contributed by atoms with Crippen LogP contribution in [-0.2, 0) is 36.3 Å². The minimum Gasteiger partial charge on any atom is -0.490 e. The third-order valence-electron chi connectivity index (χ3n) is 9.38. The van der Waals surface area contributed by atoms with E-state index in [1.807, 2.05) is 36.5 Å². The van der Waals surface area contributed by atoms with Crippen LogP contribution in [0.1, 0.15) is 68.9 Å². The number of sulfone groups is 1. The van der Waals surface area contributed by atoms with E-state index in [9.17, 15) is 33.6 Å². The molecule has 12 nitrogen and oxygen atoms in total. The number of halogens is 1. The van der Waals surface area contributed by atoms with Gasteiger partial charge in [0.05, 0.1) is 41.7 Å². The lowest BCUT2D eigenvalue weighted by Crippen LogP contribution is -2.45. The van der Waals surface area contributed by atoms with Gasteiger partial charge in [0.25, 0.3) is 0 Å². The fourth-order valence-corrected chi connectivity index (χ4v) is 7.44. The monoisotopic (exact) mass is 761 g/mol. The van der Waals surface area contributed by atoms with Gasteiger partial charge in [-0.05, 0) is 86.4 Å². The van der Waals surface area contributed by atoms with Crippen molar-refractivity contribution in [2.75, 3.05) is 25.6 Å². The largest absolute Gasteiger partial charge is 0.490 e. The summed E-state index contributed by atoms with van der Waals surface area (Å²) < 4.78 is 44.7. The molecular formula is C38H48ClNO11S. The zero-order valence-corrected chi connectivity index (χ0v) is 30.6. The molecule has 0 amide bonds. The van der Waals surface area contributed by atoms with Gasteiger partial charge in [-0.3, -0.25) is 9.78 Å². The highest BCUT2D eigenvalue weighted by Crippen LogP contribution is 2.53. The van der Waals surface area contributed by atoms with E-state index in [4.69, 9.17) is 30.9 Å². The van der Waals surface area contributed by atoms with Gasteiger partial charge in [0.15, 0.2) is 9.84 Å². The third kappa shape index (κ3) is 10.8. The van der Waals surface area contributed by atoms with Crippen molar-refractivity contribution < 1.29 is 53.0 Å². The number of aliphatic hydroxyl groups excluding tert-OH is 5. The number of aromatic nitrogens is 1. The van der Waals surface area contributed by atoms with Crippen molar-refractivity contribution in [1.82, 2.24) is 4.98 Å². The molecule has 2 aromatic carbocycles. The van der Waals surface area contributed by atoms with Crippen LogP contribution < -0.4 is 4.74 Å². The molecule has 2 saturated carbocycles. The van der Waals surface area contributed by atoms with Crippen LogP contribution in [0.15, 0.2) is 65.8 Å². The highest BCUT2D eigenvalue weighted by atomic mass is 35.5. The van der Waals surface area contributed by atoms with Crippen molar-refractivity contribution in [2.24, 2.45) is 0 Å². The van der Waals surface area contributed by atoms with E-state index in [0.29, 0.717) is 17.0 Å². The molecule has 0 saturated heterocycles. The molecule has 0 bridgehead atoms. The third-order valence-corrected chi connectivity index (χ3v) is 11.5. The summed E-state index contributed by atoms with van der Waals surface area (Å²) >= 11 is 6.52. The standard InChI is InChI=1S/C38H48ClNO11S/c39-32-12-11-28(52(47,48)20-4-19-49-18-3-5-26(42)8-13-33(43)36(45)37(46)34(44)23-41)21-25(32)24-50-38(15-16-38)31-22-40-17-14-29(31)30-6-1-2-7-35(30)51-27-9-10-27/h1-2,6-7,11-12,14,17,21-22,27,33-34,36-37,41,43-46H,3-5,8-10,13,15-16,18-20,23-24H2/t33-,34+,36+,37+/m1/s1. The normalized spacial score (nSPS) is 17.7. The number of benzene rings is 2. The first-order chi connectivity index (χ1) is 24.9. The first-order valence-electron chi connectivity index (χ1n) is 17.7. The molecule has 0 aliphatic heterocycles. The molecule has 2 fully saturated rings. The van der Waals surface area contributed by atoms with Gasteiger partial charge in [-0.1, -0.05) is 29.8 Å². The minimum atomic E-state index is -3.65. The fraction of sp³-hybridized carbons (Fsp3) is 0.526. The maximum atomic E-state index is 13.2. The van der Waals surface area contributed by atoms with E-state index < -0.39 is 46.5 Å². The van der Waals surface area contributed by atoms with Crippen LogP contribution >= 0.6 is 11.6 Å². The number of pyridine rings is 1. The lowest BCUT2D eigenvalue weighted by Gasteiger charge is -2.25. The second kappa shape index (κ2) is 18.4. The number of aliphatic hydroxyl groups is 5. The molecule has 52 heavy (non-hydrogen) atoms. The van der Waals surface area contributed by atoms with Crippen molar-refractivity contribution in [3.63, 3.8) is 0 Å². The number of para-hydroxylation sites is 1. The molecule has 1 aromatic heterocycles. The van der Waals surface area contributed by atoms with Gasteiger partial charge in [-0.15, -0.1) is 0 Å². The fourth-order valence-electron chi connectivity index (χ4n) is 5.94. The first-order valence-corrected chi connectivity index (χ1v) is 19.8. The Hall–Kier alpha value is -2.98. The Morgan fingerprint density at radius 1 is 0.942 bits per heavy atom. The van der Waals surface area contributed by atoms with Gasteiger partial charge in [-0.25, -0.2) is 8.42 Å². The van der Waals surface area contributed by atoms with E-state index in [2.05, 4.69) is 4.98 Å². The molecule has 0 spiro atoms. The molecule has 2 aliphatic carbocycles. The second-order valence-electron chi connectivity index (χ2n) is 13.5. The Bertz CT molecular complexity index is 1750. The summed E-state index contributed by atoms with van der Waals surface area (Å²) in [5.41, 5.74) is 2.92. The van der Waals surface area contributed by atoms with Crippen LogP contribution in [0.25, 0.3) is 11.1 Å². The Morgan fingerprint density at radius 2 is 1.67 bits per heavy atom. The van der Waals surface area contributed by atoms with Crippen LogP contribution in [0.3, 0.4) is 0 Å². The van der Waals surface area contributed by atoms with Crippen LogP contribution in [-0.4, -0.2) is 101 Å². The molecule has 3 aromatic rings. The zero-order chi connectivity index (χ0) is 37.3. The molecule has 4 atom stereocenters. The predicted octanol–water partition coefficient (Wildman–Crippen LogP) is 3.89. The van der Waals surface area contributed by atoms with Gasteiger partial charge >= 0.3 is 0 Å². The maximum Gasteiger partial charge on any atom is 0.178 e. The van der Waals surface area contributed by atoms with E-state index in [-0.39, 0.29) is 68.0 Å². The molecular weight excluding hydrogens is 714 g/mol. The Balaban J connectivity index is 1.07. The van der Waals surface area contributed by atoms with Gasteiger partial charge in [0.1, 0.15) is 29.8 Å². The number of ether oxygens (including phenoxy) is 3. The minimum absolute atomic E-state index is 0.0533. The van der Waals surface area contributed by atoms with Crippen LogP contribution in [0, 0.1) is 0 Å². The number of carbonyl (C=O) groups is 1. The zero-order valence-electron chi connectivity index (χ0n) is 29.0. The van der Waals surface area contributed by atoms with Crippen molar-refractivity contribution in [2.45, 2.75) is 105 Å². The lowest BCUT2D eigenvalue weighted by molar-refractivity contribution is -0.125. The number of rotatable bonds is 23. The van der Waals surface area contributed by atoms with E-state index in [1.165, 1.54) is 6.07 Å². The summed E-state index contributed by atoms with van der Waals surface area (Å²) in [4.78, 5) is 16.7. The Morgan fingerprint density at radius 3 is 2.40 bits per heavy atom. The number of Topliss-reactive ketones (excluding diaryl/α,β-unsaturated/α-hetero) is 1. The molecule has 2 aliphatic rings. The highest BCUT2D eigenvalue weighted by Gasteiger charge is 2.48. The maximum absolute atomic E-state index is 13.2. The van der Waals surface area contributed by atoms with E-state index in [0.717, 1.165) is 48.1 Å². The summed E-state index contributed by atoms with van der Waals surface area (Å²) in [6.45, 7) is -0.249. The molecule has 0 radical (unpaired) electrons. The number of nitrogens with zero attached hydrogens (tertiary/aromatic N) is 1. The summed E-state index contributed by atoms with van der Waals surface area (Å²) in [5, 5.41) is 48.1. The summed E-state index contributed by atoms with van der Waals surface area (Å²) in [5.74, 6) is 0.503. The topological polar surface area (TPSA) is 193 Å². The summed E-state index contributed by atoms with van der Waals surface area (Å²) in [7, 11) is -3.65. The van der Waals surface area contributed by atoms with Crippen molar-refractivity contribution in [3.8, 4) is 16.9 Å². The number of ketones is 1. The smallest absolute Gasteiger partial charge is 0.178 e. The number of hydrogen-bond donors (Lipinski definition) is 5. The average Bonchev–Trinajstić information content (AvgIpc) is 4.10. The SMILES string of the molecule is O=C(CCCOCCCS(=O)(=O)c1ccc(Cl)c(COC2(c3cnccc3-c3ccccc3OC3CC3)CC2)c1)CC[C@@H](O)[C@H](O)[C@@H](O)[C@@H](O)CO. The van der Waals surface area contributed by atoms with E-state index >= 15 is 0 Å². The van der Waals surface area contributed by atoms with Gasteiger partial charge in [0.2, 0.25) is 0 Å². The van der Waals surface area contributed by atoms with Crippen LogP contribution in [0.4, 0.5) is 0 Å². The summed E-state index contributed by atoms with van der Waals surface area (Å²) in [6.07, 6.45) is 1.64. The molecule has 5 rings (SSSR count). The Labute approximate surface area is 309 Å². The highest BCUT2D eigenvalue weighted by molar-refractivity contribution is 7.91. The van der Waals surface area contributed by atoms with Gasteiger partial charge in [-0.2, -0.15) is 0 Å². The molecule has 1 heterocycles. The molecule has 284 valence electrons. The molecule has 5 N–H and O–H groups in total.